The van der Waals surface area contributed by atoms with Crippen molar-refractivity contribution in [2.45, 2.75) is 48.2 Å². The summed E-state index contributed by atoms with van der Waals surface area (Å²) in [4.78, 5) is 6.62. The van der Waals surface area contributed by atoms with Crippen molar-refractivity contribution < 1.29 is 0 Å². The van der Waals surface area contributed by atoms with Crippen molar-refractivity contribution in [1.29, 1.82) is 0 Å². The van der Waals surface area contributed by atoms with Crippen LogP contribution < -0.4 is 5.32 Å². The molecule has 0 saturated heterocycles. The lowest BCUT2D eigenvalue weighted by atomic mass is 10.3. The van der Waals surface area contributed by atoms with Gasteiger partial charge in [-0.1, -0.05) is 41.2 Å². The lowest BCUT2D eigenvalue weighted by Crippen LogP contribution is -2.13. The summed E-state index contributed by atoms with van der Waals surface area (Å²) >= 11 is 0. The van der Waals surface area contributed by atoms with E-state index in [9.17, 15) is 0 Å². The zero-order valence-electron chi connectivity index (χ0n) is 13.1. The minimum absolute atomic E-state index is 0. The molecule has 3 nitrogen and oxygen atoms in total. The van der Waals surface area contributed by atoms with Gasteiger partial charge in [0.1, 0.15) is 0 Å². The smallest absolute Gasteiger partial charge is 0.0547 e. The van der Waals surface area contributed by atoms with Crippen LogP contribution in [-0.4, -0.2) is 39.4 Å². The van der Waals surface area contributed by atoms with E-state index >= 15 is 0 Å². The van der Waals surface area contributed by atoms with Crippen molar-refractivity contribution >= 4 is 8.41 Å². The third-order valence-corrected chi connectivity index (χ3v) is 1.70. The highest BCUT2D eigenvalue weighted by Gasteiger charge is 1.97. The van der Waals surface area contributed by atoms with Gasteiger partial charge in [0, 0.05) is 21.5 Å². The largest absolute Gasteiger partial charge is 0.314 e. The van der Waals surface area contributed by atoms with Gasteiger partial charge in [0.25, 0.3) is 0 Å². The van der Waals surface area contributed by atoms with Gasteiger partial charge in [-0.3, -0.25) is 4.98 Å². The summed E-state index contributed by atoms with van der Waals surface area (Å²) in [7, 11) is 6.03. The second-order valence-electron chi connectivity index (χ2n) is 3.39. The van der Waals surface area contributed by atoms with Gasteiger partial charge < -0.3 is 10.2 Å². The van der Waals surface area contributed by atoms with Crippen LogP contribution >= 0.6 is 0 Å². The molecule has 4 heteroatoms. The van der Waals surface area contributed by atoms with Gasteiger partial charge in [-0.2, -0.15) is 0 Å². The standard InChI is InChI=1S/C10H17N3.2C2H6.CH4.B/c1-11-7-9-5-4-6-10(12-9)8-13(2)3;2*1-2;;/h4-6,11H,7-8H2,1-3H3;2*1-2H3;1H4;. The lowest BCUT2D eigenvalue weighted by molar-refractivity contribution is 0.396. The van der Waals surface area contributed by atoms with Gasteiger partial charge in [0.15, 0.2) is 0 Å². The SMILES string of the molecule is C.CC.CC.CNCc1cccc(CN(C)C)n1.[B]. The van der Waals surface area contributed by atoms with Crippen LogP contribution in [0.15, 0.2) is 18.2 Å². The van der Waals surface area contributed by atoms with Crippen LogP contribution in [0, 0.1) is 0 Å². The summed E-state index contributed by atoms with van der Waals surface area (Å²) in [6.45, 7) is 9.73. The molecule has 0 aromatic carbocycles. The Morgan fingerprint density at radius 2 is 1.53 bits per heavy atom. The number of nitrogens with one attached hydrogen (secondary N) is 1. The first-order valence-corrected chi connectivity index (χ1v) is 6.46. The molecule has 0 bridgehead atoms. The molecule has 1 aromatic heterocycles. The van der Waals surface area contributed by atoms with E-state index < -0.39 is 0 Å². The van der Waals surface area contributed by atoms with Crippen molar-refractivity contribution in [2.75, 3.05) is 21.1 Å². The quantitative estimate of drug-likeness (QED) is 0.848. The fraction of sp³-hybridized carbons (Fsp3) is 0.667. The van der Waals surface area contributed by atoms with Crippen LogP contribution in [0.3, 0.4) is 0 Å². The number of aromatic nitrogens is 1. The van der Waals surface area contributed by atoms with Gasteiger partial charge in [-0.05, 0) is 33.3 Å². The second kappa shape index (κ2) is 19.5. The van der Waals surface area contributed by atoms with E-state index in [1.807, 2.05) is 54.9 Å². The molecular weight excluding hydrogens is 233 g/mol. The van der Waals surface area contributed by atoms with E-state index in [4.69, 9.17) is 0 Å². The number of pyridine rings is 1. The van der Waals surface area contributed by atoms with Crippen molar-refractivity contribution in [2.24, 2.45) is 0 Å². The van der Waals surface area contributed by atoms with E-state index in [1.165, 1.54) is 0 Å². The van der Waals surface area contributed by atoms with Gasteiger partial charge in [-0.25, -0.2) is 0 Å². The van der Waals surface area contributed by atoms with E-state index in [0.717, 1.165) is 24.5 Å². The summed E-state index contributed by atoms with van der Waals surface area (Å²) in [5.41, 5.74) is 2.22. The Morgan fingerprint density at radius 3 is 1.95 bits per heavy atom. The highest BCUT2D eigenvalue weighted by molar-refractivity contribution is 5.75. The molecule has 19 heavy (non-hydrogen) atoms. The van der Waals surface area contributed by atoms with Crippen LogP contribution in [0.25, 0.3) is 0 Å². The first-order chi connectivity index (χ1) is 8.22. The summed E-state index contributed by atoms with van der Waals surface area (Å²) in [5.74, 6) is 0. The molecule has 0 aliphatic carbocycles. The molecule has 3 radical (unpaired) electrons. The molecule has 1 N–H and O–H groups in total. The molecule has 0 unspecified atom stereocenters. The predicted molar refractivity (Wildman–Crippen MR) is 89.6 cm³/mol. The first kappa shape index (κ1) is 26.6. The molecule has 1 rings (SSSR count). The van der Waals surface area contributed by atoms with Crippen molar-refractivity contribution in [3.63, 3.8) is 0 Å². The van der Waals surface area contributed by atoms with Crippen molar-refractivity contribution in [3.05, 3.63) is 29.6 Å². The summed E-state index contributed by atoms with van der Waals surface area (Å²) < 4.78 is 0. The third kappa shape index (κ3) is 15.1. The number of rotatable bonds is 4. The van der Waals surface area contributed by atoms with Crippen LogP contribution in [0.4, 0.5) is 0 Å². The Labute approximate surface area is 123 Å². The fourth-order valence-corrected chi connectivity index (χ4v) is 1.22. The Bertz CT molecular complexity index is 265. The minimum atomic E-state index is 0. The molecule has 0 aliphatic rings. The van der Waals surface area contributed by atoms with Gasteiger partial charge in [0.2, 0.25) is 0 Å². The fourth-order valence-electron chi connectivity index (χ4n) is 1.22. The molecule has 1 aromatic rings. The topological polar surface area (TPSA) is 28.2 Å². The molecule has 0 aliphatic heterocycles. The Balaban J connectivity index is -0.000000171. The van der Waals surface area contributed by atoms with E-state index in [0.29, 0.717) is 0 Å². The predicted octanol–water partition coefficient (Wildman–Crippen LogP) is 3.17. The van der Waals surface area contributed by atoms with Gasteiger partial charge in [0.05, 0.1) is 11.4 Å². The molecule has 0 spiro atoms. The zero-order valence-corrected chi connectivity index (χ0v) is 13.1. The number of hydrogen-bond donors (Lipinski definition) is 1. The summed E-state index contributed by atoms with van der Waals surface area (Å²) in [6, 6.07) is 6.15. The van der Waals surface area contributed by atoms with Gasteiger partial charge in [-0.15, -0.1) is 0 Å². The van der Waals surface area contributed by atoms with Crippen molar-refractivity contribution in [1.82, 2.24) is 15.2 Å². The normalized spacial score (nSPS) is 8.00. The average Bonchev–Trinajstić information content (AvgIpc) is 2.34. The minimum Gasteiger partial charge on any atom is -0.314 e. The van der Waals surface area contributed by atoms with Crippen LogP contribution in [0.1, 0.15) is 46.5 Å². The Kier molecular flexibility index (Phi) is 27.3. The first-order valence-electron chi connectivity index (χ1n) is 6.46. The highest BCUT2D eigenvalue weighted by Crippen LogP contribution is 2.01. The number of nitrogens with zero attached hydrogens (tertiary/aromatic N) is 2. The Morgan fingerprint density at radius 1 is 1.05 bits per heavy atom. The maximum absolute atomic E-state index is 4.50. The van der Waals surface area contributed by atoms with Crippen LogP contribution in [0.5, 0.6) is 0 Å². The lowest BCUT2D eigenvalue weighted by Gasteiger charge is -2.09. The maximum atomic E-state index is 4.50. The average molecular weight is 266 g/mol. The second-order valence-corrected chi connectivity index (χ2v) is 3.39. The molecule has 0 fully saturated rings. The van der Waals surface area contributed by atoms with Crippen molar-refractivity contribution in [3.8, 4) is 0 Å². The maximum Gasteiger partial charge on any atom is 0.0547 e. The summed E-state index contributed by atoms with van der Waals surface area (Å²) in [5, 5.41) is 3.09. The van der Waals surface area contributed by atoms with Gasteiger partial charge >= 0.3 is 0 Å². The molecule has 111 valence electrons. The molecule has 0 amide bonds. The summed E-state index contributed by atoms with van der Waals surface area (Å²) in [6.07, 6.45) is 0. The van der Waals surface area contributed by atoms with Crippen LogP contribution in [-0.2, 0) is 13.1 Å². The molecule has 1 heterocycles. The zero-order chi connectivity index (χ0) is 13.7. The van der Waals surface area contributed by atoms with E-state index in [1.54, 1.807) is 0 Å². The third-order valence-electron chi connectivity index (χ3n) is 1.70. The molecular formula is C15H33BN3. The monoisotopic (exact) mass is 266 g/mol. The van der Waals surface area contributed by atoms with E-state index in [2.05, 4.69) is 27.3 Å². The number of hydrogen-bond acceptors (Lipinski definition) is 3. The molecule has 0 atom stereocenters. The Hall–Kier alpha value is -0.865. The van der Waals surface area contributed by atoms with E-state index in [-0.39, 0.29) is 15.8 Å². The van der Waals surface area contributed by atoms with Crippen LogP contribution in [0.2, 0.25) is 0 Å². The molecule has 0 saturated carbocycles. The highest BCUT2D eigenvalue weighted by atomic mass is 15.1.